The molecule has 17 heavy (non-hydrogen) atoms. The van der Waals surface area contributed by atoms with Gasteiger partial charge in [0.05, 0.1) is 5.36 Å². The average Bonchev–Trinajstić information content (AvgIpc) is 2.39. The lowest BCUT2D eigenvalue weighted by molar-refractivity contribution is 0.939. The van der Waals surface area contributed by atoms with E-state index < -0.39 is 0 Å². The normalized spacial score (nSPS) is 13.6. The number of hydrogen-bond donors (Lipinski definition) is 0. The summed E-state index contributed by atoms with van der Waals surface area (Å²) >= 11 is 0. The van der Waals surface area contributed by atoms with Gasteiger partial charge in [-0.25, -0.2) is 0 Å². The first-order chi connectivity index (χ1) is 8.33. The van der Waals surface area contributed by atoms with E-state index in [0.29, 0.717) is 6.67 Å². The minimum atomic E-state index is 0.695. The van der Waals surface area contributed by atoms with Crippen molar-refractivity contribution in [1.29, 1.82) is 0 Å². The molecule has 0 spiro atoms. The molecule has 2 aromatic carbocycles. The van der Waals surface area contributed by atoms with Gasteiger partial charge >= 0.3 is 0 Å². The number of benzene rings is 2. The number of aryl methyl sites for hydroxylation is 1. The van der Waals surface area contributed by atoms with Crippen LogP contribution in [-0.4, -0.2) is 6.67 Å². The molecule has 2 aromatic rings. The highest BCUT2D eigenvalue weighted by atomic mass is 15.2. The van der Waals surface area contributed by atoms with Gasteiger partial charge in [-0.2, -0.15) is 0 Å². The summed E-state index contributed by atoms with van der Waals surface area (Å²) < 4.78 is 0. The van der Waals surface area contributed by atoms with Crippen molar-refractivity contribution >= 4 is 11.9 Å². The lowest BCUT2D eigenvalue weighted by Crippen LogP contribution is -2.35. The van der Waals surface area contributed by atoms with E-state index in [1.807, 2.05) is 12.1 Å². The van der Waals surface area contributed by atoms with Crippen LogP contribution in [0.25, 0.3) is 6.20 Å². The van der Waals surface area contributed by atoms with E-state index >= 15 is 0 Å². The molecular weight excluding hydrogens is 208 g/mol. The van der Waals surface area contributed by atoms with Crippen LogP contribution in [-0.2, 0) is 0 Å². The molecular formula is C15H14N2. The zero-order chi connectivity index (χ0) is 11.7. The van der Waals surface area contributed by atoms with Crippen molar-refractivity contribution in [2.75, 3.05) is 11.6 Å². The summed E-state index contributed by atoms with van der Waals surface area (Å²) in [6.07, 6.45) is 2.16. The van der Waals surface area contributed by atoms with Crippen molar-refractivity contribution in [1.82, 2.24) is 0 Å². The molecule has 2 nitrogen and oxygen atoms in total. The average molecular weight is 222 g/mol. The summed E-state index contributed by atoms with van der Waals surface area (Å²) in [4.78, 5) is 6.74. The van der Waals surface area contributed by atoms with Gasteiger partial charge in [-0.1, -0.05) is 35.9 Å². The Morgan fingerprint density at radius 3 is 2.59 bits per heavy atom. The molecule has 0 bridgehead atoms. The molecule has 0 N–H and O–H groups in total. The Hall–Kier alpha value is -2.09. The van der Waals surface area contributed by atoms with E-state index in [9.17, 15) is 0 Å². The van der Waals surface area contributed by atoms with Gasteiger partial charge in [0.15, 0.2) is 0 Å². The summed E-state index contributed by atoms with van der Waals surface area (Å²) in [6.45, 7) is 2.80. The van der Waals surface area contributed by atoms with Crippen molar-refractivity contribution < 1.29 is 0 Å². The molecule has 0 amide bonds. The van der Waals surface area contributed by atoms with Gasteiger partial charge < -0.3 is 4.90 Å². The maximum absolute atomic E-state index is 4.57. The van der Waals surface area contributed by atoms with Crippen molar-refractivity contribution in [3.8, 4) is 0 Å². The second kappa shape index (κ2) is 4.06. The summed E-state index contributed by atoms with van der Waals surface area (Å²) in [5.41, 5.74) is 2.47. The second-order valence-electron chi connectivity index (χ2n) is 4.29. The first-order valence-electron chi connectivity index (χ1n) is 5.78. The number of anilines is 1. The molecule has 0 aromatic heterocycles. The number of nitrogens with zero attached hydrogens (tertiary/aromatic N) is 2. The Bertz CT molecular complexity index is 641. The van der Waals surface area contributed by atoms with Crippen LogP contribution in [0.3, 0.4) is 0 Å². The molecule has 0 fully saturated rings. The zero-order valence-electron chi connectivity index (χ0n) is 9.80. The standard InChI is InChI=1S/C15H14N2/c1-12-6-8-14(9-7-12)17-10-13-4-2-3-5-15(13)16-11-17/h2-10H,11H2,1H3. The molecule has 1 aliphatic heterocycles. The largest absolute Gasteiger partial charge is 0.327 e. The third-order valence-corrected chi connectivity index (χ3v) is 2.99. The highest BCUT2D eigenvalue weighted by Crippen LogP contribution is 2.15. The van der Waals surface area contributed by atoms with Gasteiger partial charge in [0.1, 0.15) is 6.67 Å². The molecule has 0 radical (unpaired) electrons. The Morgan fingerprint density at radius 1 is 1.00 bits per heavy atom. The molecule has 3 rings (SSSR count). The van der Waals surface area contributed by atoms with Gasteiger partial charge in [0, 0.05) is 17.1 Å². The van der Waals surface area contributed by atoms with Crippen LogP contribution < -0.4 is 15.5 Å². The minimum absolute atomic E-state index is 0.695. The number of para-hydroxylation sites is 1. The number of fused-ring (bicyclic) bond motifs is 1. The Balaban J connectivity index is 2.03. The number of hydrogen-bond acceptors (Lipinski definition) is 2. The predicted octanol–water partition coefficient (Wildman–Crippen LogP) is 1.83. The summed E-state index contributed by atoms with van der Waals surface area (Å²) in [6, 6.07) is 16.7. The Kier molecular flexibility index (Phi) is 2.41. The lowest BCUT2D eigenvalue weighted by Gasteiger charge is -2.20. The maximum Gasteiger partial charge on any atom is 0.115 e. The quantitative estimate of drug-likeness (QED) is 0.718. The van der Waals surface area contributed by atoms with Gasteiger partial charge in [-0.3, -0.25) is 4.99 Å². The smallest absolute Gasteiger partial charge is 0.115 e. The topological polar surface area (TPSA) is 15.6 Å². The van der Waals surface area contributed by atoms with Gasteiger partial charge in [0.2, 0.25) is 0 Å². The van der Waals surface area contributed by atoms with E-state index in [-0.39, 0.29) is 0 Å². The van der Waals surface area contributed by atoms with E-state index in [1.54, 1.807) is 0 Å². The first kappa shape index (κ1) is 10.1. The van der Waals surface area contributed by atoms with Crippen molar-refractivity contribution in [3.05, 3.63) is 64.7 Å². The van der Waals surface area contributed by atoms with Crippen molar-refractivity contribution in [2.24, 2.45) is 4.99 Å². The molecule has 84 valence electrons. The molecule has 0 saturated carbocycles. The Labute approximate surface area is 101 Å². The van der Waals surface area contributed by atoms with Gasteiger partial charge in [0.25, 0.3) is 0 Å². The fourth-order valence-electron chi connectivity index (χ4n) is 1.99. The van der Waals surface area contributed by atoms with Crippen LogP contribution in [0.15, 0.2) is 53.5 Å². The number of rotatable bonds is 1. The van der Waals surface area contributed by atoms with Crippen LogP contribution in [0.4, 0.5) is 5.69 Å². The van der Waals surface area contributed by atoms with Crippen LogP contribution >= 0.6 is 0 Å². The van der Waals surface area contributed by atoms with E-state index in [0.717, 1.165) is 5.36 Å². The van der Waals surface area contributed by atoms with Gasteiger partial charge in [-0.15, -0.1) is 0 Å². The van der Waals surface area contributed by atoms with E-state index in [2.05, 4.69) is 59.4 Å². The molecule has 0 unspecified atom stereocenters. The maximum atomic E-state index is 4.57. The van der Waals surface area contributed by atoms with E-state index in [4.69, 9.17) is 0 Å². The Morgan fingerprint density at radius 2 is 1.76 bits per heavy atom. The van der Waals surface area contributed by atoms with E-state index in [1.165, 1.54) is 16.5 Å². The zero-order valence-corrected chi connectivity index (χ0v) is 9.80. The molecule has 0 aliphatic carbocycles. The predicted molar refractivity (Wildman–Crippen MR) is 70.2 cm³/mol. The molecule has 0 saturated heterocycles. The van der Waals surface area contributed by atoms with Crippen LogP contribution in [0.5, 0.6) is 0 Å². The first-order valence-corrected chi connectivity index (χ1v) is 5.78. The lowest BCUT2D eigenvalue weighted by atomic mass is 10.2. The van der Waals surface area contributed by atoms with Gasteiger partial charge in [-0.05, 0) is 25.1 Å². The third kappa shape index (κ3) is 1.94. The highest BCUT2D eigenvalue weighted by molar-refractivity contribution is 5.59. The molecule has 1 aliphatic rings. The van der Waals surface area contributed by atoms with Crippen molar-refractivity contribution in [2.45, 2.75) is 6.92 Å². The monoisotopic (exact) mass is 222 g/mol. The second-order valence-corrected chi connectivity index (χ2v) is 4.29. The van der Waals surface area contributed by atoms with Crippen LogP contribution in [0.2, 0.25) is 0 Å². The SMILES string of the molecule is Cc1ccc(N2C=c3ccccc3=NC2)cc1. The van der Waals surface area contributed by atoms with Crippen LogP contribution in [0.1, 0.15) is 5.56 Å². The molecule has 0 atom stereocenters. The van der Waals surface area contributed by atoms with Crippen molar-refractivity contribution in [3.63, 3.8) is 0 Å². The third-order valence-electron chi connectivity index (χ3n) is 2.99. The molecule has 1 heterocycles. The summed E-state index contributed by atoms with van der Waals surface area (Å²) in [5.74, 6) is 0. The fraction of sp³-hybridized carbons (Fsp3) is 0.133. The van der Waals surface area contributed by atoms with Crippen LogP contribution in [0, 0.1) is 6.92 Å². The summed E-state index contributed by atoms with van der Waals surface area (Å²) in [7, 11) is 0. The highest BCUT2D eigenvalue weighted by Gasteiger charge is 2.05. The molecule has 2 heteroatoms. The minimum Gasteiger partial charge on any atom is -0.327 e. The summed E-state index contributed by atoms with van der Waals surface area (Å²) in [5, 5.41) is 2.26. The fourth-order valence-corrected chi connectivity index (χ4v) is 1.99.